The van der Waals surface area contributed by atoms with Crippen molar-refractivity contribution in [2.75, 3.05) is 41.4 Å². The standard InChI is InChI=1S/C16H24N2O3/c1-18(2)12-9-16(5-6-17-10-16)21-13-8-15(20-4)14(19-3)7-11(12)13/h7-8,12,17H,5-6,9-10H2,1-4H3. The molecule has 0 amide bonds. The van der Waals surface area contributed by atoms with Gasteiger partial charge in [0.1, 0.15) is 11.4 Å². The van der Waals surface area contributed by atoms with Crippen LogP contribution in [0.3, 0.4) is 0 Å². The first kappa shape index (κ1) is 14.5. The maximum atomic E-state index is 6.38. The maximum absolute atomic E-state index is 6.38. The van der Waals surface area contributed by atoms with Gasteiger partial charge in [0.2, 0.25) is 0 Å². The largest absolute Gasteiger partial charge is 0.493 e. The molecule has 0 aromatic heterocycles. The highest BCUT2D eigenvalue weighted by molar-refractivity contribution is 5.53. The van der Waals surface area contributed by atoms with E-state index in [9.17, 15) is 0 Å². The van der Waals surface area contributed by atoms with E-state index >= 15 is 0 Å². The maximum Gasteiger partial charge on any atom is 0.164 e. The van der Waals surface area contributed by atoms with Crippen LogP contribution in [0.5, 0.6) is 17.2 Å². The summed E-state index contributed by atoms with van der Waals surface area (Å²) in [6, 6.07) is 4.34. The molecule has 0 saturated carbocycles. The van der Waals surface area contributed by atoms with Gasteiger partial charge in [-0.3, -0.25) is 0 Å². The minimum Gasteiger partial charge on any atom is -0.493 e. The van der Waals surface area contributed by atoms with Crippen molar-refractivity contribution in [3.05, 3.63) is 17.7 Å². The fraction of sp³-hybridized carbons (Fsp3) is 0.625. The summed E-state index contributed by atoms with van der Waals surface area (Å²) in [5, 5.41) is 3.42. The van der Waals surface area contributed by atoms with Gasteiger partial charge >= 0.3 is 0 Å². The SMILES string of the molecule is COc1cc2c(cc1OC)C(N(C)C)CC1(CCNC1)O2. The molecule has 1 fully saturated rings. The Hall–Kier alpha value is -1.46. The van der Waals surface area contributed by atoms with Gasteiger partial charge in [-0.25, -0.2) is 0 Å². The predicted molar refractivity (Wildman–Crippen MR) is 81.4 cm³/mol. The Morgan fingerprint density at radius 1 is 1.24 bits per heavy atom. The number of nitrogens with one attached hydrogen (secondary N) is 1. The first-order valence-corrected chi connectivity index (χ1v) is 7.41. The van der Waals surface area contributed by atoms with Crippen LogP contribution in [0.25, 0.3) is 0 Å². The van der Waals surface area contributed by atoms with Crippen molar-refractivity contribution in [2.45, 2.75) is 24.5 Å². The van der Waals surface area contributed by atoms with Gasteiger partial charge < -0.3 is 24.4 Å². The first-order valence-electron chi connectivity index (χ1n) is 7.41. The molecule has 1 spiro atoms. The second-order valence-corrected chi connectivity index (χ2v) is 6.14. The molecule has 1 saturated heterocycles. The molecule has 116 valence electrons. The summed E-state index contributed by atoms with van der Waals surface area (Å²) in [5.41, 5.74) is 1.08. The third-order valence-corrected chi connectivity index (χ3v) is 4.59. The van der Waals surface area contributed by atoms with Gasteiger partial charge in [-0.05, 0) is 26.7 Å². The van der Waals surface area contributed by atoms with Gasteiger partial charge in [0.15, 0.2) is 11.5 Å². The first-order chi connectivity index (χ1) is 10.1. The van der Waals surface area contributed by atoms with E-state index in [1.165, 1.54) is 5.56 Å². The van der Waals surface area contributed by atoms with Crippen LogP contribution < -0.4 is 19.5 Å². The van der Waals surface area contributed by atoms with Gasteiger partial charge in [-0.2, -0.15) is 0 Å². The minimum absolute atomic E-state index is 0.0957. The Kier molecular flexibility index (Phi) is 3.71. The third kappa shape index (κ3) is 2.45. The van der Waals surface area contributed by atoms with E-state index < -0.39 is 0 Å². The van der Waals surface area contributed by atoms with E-state index in [1.807, 2.05) is 12.1 Å². The zero-order valence-corrected chi connectivity index (χ0v) is 13.2. The third-order valence-electron chi connectivity index (χ3n) is 4.59. The minimum atomic E-state index is -0.0957. The second-order valence-electron chi connectivity index (χ2n) is 6.14. The molecular formula is C16H24N2O3. The molecule has 3 rings (SSSR count). The van der Waals surface area contributed by atoms with E-state index in [4.69, 9.17) is 14.2 Å². The summed E-state index contributed by atoms with van der Waals surface area (Å²) in [7, 11) is 7.56. The van der Waals surface area contributed by atoms with E-state index in [-0.39, 0.29) is 5.60 Å². The van der Waals surface area contributed by atoms with Gasteiger partial charge in [0.25, 0.3) is 0 Å². The highest BCUT2D eigenvalue weighted by Gasteiger charge is 2.44. The van der Waals surface area contributed by atoms with E-state index in [0.717, 1.165) is 43.2 Å². The lowest BCUT2D eigenvalue weighted by Gasteiger charge is -2.42. The Labute approximate surface area is 126 Å². The number of fused-ring (bicyclic) bond motifs is 1. The molecule has 5 nitrogen and oxygen atoms in total. The summed E-state index contributed by atoms with van der Waals surface area (Å²) in [4.78, 5) is 2.26. The average Bonchev–Trinajstić information content (AvgIpc) is 2.92. The second kappa shape index (κ2) is 5.39. The molecular weight excluding hydrogens is 268 g/mol. The molecule has 0 radical (unpaired) electrons. The quantitative estimate of drug-likeness (QED) is 0.920. The molecule has 1 aromatic rings. The van der Waals surface area contributed by atoms with Gasteiger partial charge in [0, 0.05) is 37.1 Å². The highest BCUT2D eigenvalue weighted by atomic mass is 16.5. The molecule has 2 unspecified atom stereocenters. The number of hydrogen-bond acceptors (Lipinski definition) is 5. The van der Waals surface area contributed by atoms with Crippen LogP contribution in [0.1, 0.15) is 24.4 Å². The summed E-state index contributed by atoms with van der Waals surface area (Å²) in [6.07, 6.45) is 2.04. The summed E-state index contributed by atoms with van der Waals surface area (Å²) < 4.78 is 17.2. The number of hydrogen-bond donors (Lipinski definition) is 1. The Morgan fingerprint density at radius 2 is 1.95 bits per heavy atom. The number of rotatable bonds is 3. The molecule has 1 N–H and O–H groups in total. The van der Waals surface area contributed by atoms with Crippen LogP contribution in [0.15, 0.2) is 12.1 Å². The lowest BCUT2D eigenvalue weighted by molar-refractivity contribution is 0.0284. The fourth-order valence-electron chi connectivity index (χ4n) is 3.40. The van der Waals surface area contributed by atoms with Crippen molar-refractivity contribution >= 4 is 0 Å². The summed E-state index contributed by atoms with van der Waals surface area (Å²) in [6.45, 7) is 1.92. The lowest BCUT2D eigenvalue weighted by Crippen LogP contribution is -2.45. The Bertz CT molecular complexity index is 524. The monoisotopic (exact) mass is 292 g/mol. The molecule has 2 heterocycles. The molecule has 21 heavy (non-hydrogen) atoms. The number of nitrogens with zero attached hydrogens (tertiary/aromatic N) is 1. The summed E-state index contributed by atoms with van der Waals surface area (Å²) >= 11 is 0. The number of ether oxygens (including phenoxy) is 3. The fourth-order valence-corrected chi connectivity index (χ4v) is 3.40. The molecule has 0 bridgehead atoms. The van der Waals surface area contributed by atoms with Crippen molar-refractivity contribution < 1.29 is 14.2 Å². The molecule has 1 aromatic carbocycles. The zero-order valence-electron chi connectivity index (χ0n) is 13.2. The van der Waals surface area contributed by atoms with Crippen molar-refractivity contribution in [3.8, 4) is 17.2 Å². The molecule has 5 heteroatoms. The predicted octanol–water partition coefficient (Wildman–Crippen LogP) is 1.82. The number of benzene rings is 1. The van der Waals surface area contributed by atoms with Crippen LogP contribution in [-0.2, 0) is 0 Å². The zero-order chi connectivity index (χ0) is 15.0. The van der Waals surface area contributed by atoms with E-state index in [0.29, 0.717) is 6.04 Å². The van der Waals surface area contributed by atoms with Crippen LogP contribution in [0.4, 0.5) is 0 Å². The van der Waals surface area contributed by atoms with Gasteiger partial charge in [-0.15, -0.1) is 0 Å². The van der Waals surface area contributed by atoms with Crippen LogP contribution in [0, 0.1) is 0 Å². The topological polar surface area (TPSA) is 43.0 Å². The van der Waals surface area contributed by atoms with E-state index in [2.05, 4.69) is 24.3 Å². The van der Waals surface area contributed by atoms with Gasteiger partial charge in [0.05, 0.1) is 14.2 Å². The molecule has 0 aliphatic carbocycles. The smallest absolute Gasteiger partial charge is 0.164 e. The van der Waals surface area contributed by atoms with Crippen LogP contribution in [-0.4, -0.2) is 51.9 Å². The average molecular weight is 292 g/mol. The van der Waals surface area contributed by atoms with Crippen molar-refractivity contribution in [1.29, 1.82) is 0 Å². The highest BCUT2D eigenvalue weighted by Crippen LogP contribution is 2.48. The molecule has 2 aliphatic rings. The Balaban J connectivity index is 2.06. The Morgan fingerprint density at radius 3 is 2.52 bits per heavy atom. The summed E-state index contributed by atoms with van der Waals surface area (Å²) in [5.74, 6) is 2.39. The normalized spacial score (nSPS) is 27.6. The van der Waals surface area contributed by atoms with Crippen molar-refractivity contribution in [1.82, 2.24) is 10.2 Å². The van der Waals surface area contributed by atoms with Crippen LogP contribution in [0.2, 0.25) is 0 Å². The van der Waals surface area contributed by atoms with E-state index in [1.54, 1.807) is 14.2 Å². The molecule has 2 atom stereocenters. The van der Waals surface area contributed by atoms with Gasteiger partial charge in [-0.1, -0.05) is 0 Å². The molecule has 2 aliphatic heterocycles. The van der Waals surface area contributed by atoms with Crippen molar-refractivity contribution in [2.24, 2.45) is 0 Å². The lowest BCUT2D eigenvalue weighted by atomic mass is 9.85. The van der Waals surface area contributed by atoms with Crippen LogP contribution >= 0.6 is 0 Å². The van der Waals surface area contributed by atoms with Crippen molar-refractivity contribution in [3.63, 3.8) is 0 Å². The number of methoxy groups -OCH3 is 2.